The number of hydrogen-bond donors (Lipinski definition) is 1. The first-order chi connectivity index (χ1) is 9.82. The van der Waals surface area contributed by atoms with Crippen LogP contribution in [0.2, 0.25) is 0 Å². The smallest absolute Gasteiger partial charge is 0.376 e. The van der Waals surface area contributed by atoms with Crippen LogP contribution < -0.4 is 5.32 Å². The molecule has 21 heavy (non-hydrogen) atoms. The minimum atomic E-state index is -4.60. The Bertz CT molecular complexity index is 588. The predicted octanol–water partition coefficient (Wildman–Crippen LogP) is 2.61. The van der Waals surface area contributed by atoms with Gasteiger partial charge in [-0.25, -0.2) is 0 Å². The zero-order valence-corrected chi connectivity index (χ0v) is 11.4. The van der Waals surface area contributed by atoms with Crippen molar-refractivity contribution in [2.75, 3.05) is 18.9 Å². The van der Waals surface area contributed by atoms with Gasteiger partial charge in [0, 0.05) is 18.8 Å². The lowest BCUT2D eigenvalue weighted by atomic mass is 10.1. The Morgan fingerprint density at radius 2 is 2.14 bits per heavy atom. The first-order valence-corrected chi connectivity index (χ1v) is 6.44. The predicted molar refractivity (Wildman–Crippen MR) is 70.4 cm³/mol. The summed E-state index contributed by atoms with van der Waals surface area (Å²) < 4.78 is 38.4. The van der Waals surface area contributed by atoms with Gasteiger partial charge in [-0.2, -0.15) is 18.4 Å². The molecule has 2 rings (SSSR count). The third-order valence-electron chi connectivity index (χ3n) is 3.38. The number of anilines is 1. The van der Waals surface area contributed by atoms with E-state index < -0.39 is 17.3 Å². The van der Waals surface area contributed by atoms with Gasteiger partial charge in [0.05, 0.1) is 23.7 Å². The monoisotopic (exact) mass is 297 g/mol. The summed E-state index contributed by atoms with van der Waals surface area (Å²) in [5, 5.41) is 11.4. The fourth-order valence-electron chi connectivity index (χ4n) is 1.95. The average Bonchev–Trinajstić information content (AvgIpc) is 3.27. The van der Waals surface area contributed by atoms with Gasteiger partial charge in [-0.1, -0.05) is 0 Å². The lowest BCUT2D eigenvalue weighted by Gasteiger charge is -2.17. The summed E-state index contributed by atoms with van der Waals surface area (Å²) in [5.74, 6) is -0.171. The summed E-state index contributed by atoms with van der Waals surface area (Å²) in [6.07, 6.45) is -2.66. The van der Waals surface area contributed by atoms with Gasteiger partial charge in [0.25, 0.3) is 0 Å². The summed E-state index contributed by atoms with van der Waals surface area (Å²) >= 11 is 0. The molecule has 0 bridgehead atoms. The van der Waals surface area contributed by atoms with E-state index in [2.05, 4.69) is 5.32 Å². The number of nitriles is 1. The van der Waals surface area contributed by atoms with E-state index in [1.54, 1.807) is 11.9 Å². The first kappa shape index (κ1) is 15.2. The van der Waals surface area contributed by atoms with E-state index in [1.165, 1.54) is 12.1 Å². The highest BCUT2D eigenvalue weighted by Gasteiger charge is 2.34. The quantitative estimate of drug-likeness (QED) is 0.929. The van der Waals surface area contributed by atoms with Crippen molar-refractivity contribution in [2.45, 2.75) is 25.1 Å². The number of rotatable bonds is 4. The van der Waals surface area contributed by atoms with Crippen molar-refractivity contribution in [3.05, 3.63) is 29.3 Å². The van der Waals surface area contributed by atoms with E-state index in [-0.39, 0.29) is 24.2 Å². The van der Waals surface area contributed by atoms with Crippen molar-refractivity contribution in [3.8, 4) is 6.07 Å². The highest BCUT2D eigenvalue weighted by atomic mass is 19.4. The molecule has 0 atom stereocenters. The number of nitrogens with zero attached hydrogens (tertiary/aromatic N) is 2. The zero-order chi connectivity index (χ0) is 15.6. The van der Waals surface area contributed by atoms with Crippen LogP contribution in [0.1, 0.15) is 24.0 Å². The summed E-state index contributed by atoms with van der Waals surface area (Å²) in [6.45, 7) is -0.0732. The summed E-state index contributed by atoms with van der Waals surface area (Å²) in [6, 6.07) is 5.08. The minimum absolute atomic E-state index is 0.0732. The van der Waals surface area contributed by atoms with Crippen LogP contribution in [0.25, 0.3) is 0 Å². The molecule has 7 heteroatoms. The van der Waals surface area contributed by atoms with Crippen LogP contribution in [0.15, 0.2) is 18.2 Å². The maximum Gasteiger partial charge on any atom is 0.417 e. The van der Waals surface area contributed by atoms with E-state index >= 15 is 0 Å². The van der Waals surface area contributed by atoms with Gasteiger partial charge in [-0.05, 0) is 31.0 Å². The van der Waals surface area contributed by atoms with Crippen molar-refractivity contribution in [1.82, 2.24) is 4.90 Å². The number of halogens is 3. The number of carbonyl (C=O) groups is 1. The number of hydrogen-bond acceptors (Lipinski definition) is 3. The Balaban J connectivity index is 2.07. The number of likely N-dealkylation sites (N-methyl/N-ethyl adjacent to an activating group) is 1. The van der Waals surface area contributed by atoms with E-state index in [9.17, 15) is 18.0 Å². The van der Waals surface area contributed by atoms with E-state index in [0.717, 1.165) is 25.0 Å². The highest BCUT2D eigenvalue weighted by molar-refractivity contribution is 5.81. The molecular weight excluding hydrogens is 283 g/mol. The van der Waals surface area contributed by atoms with Crippen molar-refractivity contribution < 1.29 is 18.0 Å². The molecule has 1 aromatic carbocycles. The SMILES string of the molecule is CN(C(=O)CNc1ccc(C#N)c(C(F)(F)F)c1)C1CC1. The Hall–Kier alpha value is -2.23. The summed E-state index contributed by atoms with van der Waals surface area (Å²) in [4.78, 5) is 13.4. The maximum absolute atomic E-state index is 12.8. The minimum Gasteiger partial charge on any atom is -0.376 e. The molecule has 1 aliphatic rings. The topological polar surface area (TPSA) is 56.1 Å². The van der Waals surface area contributed by atoms with E-state index in [4.69, 9.17) is 5.26 Å². The Kier molecular flexibility index (Phi) is 4.07. The highest BCUT2D eigenvalue weighted by Crippen LogP contribution is 2.33. The van der Waals surface area contributed by atoms with Crippen molar-refractivity contribution in [2.24, 2.45) is 0 Å². The van der Waals surface area contributed by atoms with Crippen LogP contribution in [0.3, 0.4) is 0 Å². The second-order valence-electron chi connectivity index (χ2n) is 4.96. The Morgan fingerprint density at radius 3 is 2.67 bits per heavy atom. The van der Waals surface area contributed by atoms with Crippen LogP contribution >= 0.6 is 0 Å². The number of benzene rings is 1. The molecule has 1 saturated carbocycles. The molecule has 112 valence electrons. The normalized spacial score (nSPS) is 14.4. The van der Waals surface area contributed by atoms with Gasteiger partial charge >= 0.3 is 6.18 Å². The average molecular weight is 297 g/mol. The molecule has 1 aromatic rings. The number of amides is 1. The lowest BCUT2D eigenvalue weighted by Crippen LogP contribution is -2.33. The van der Waals surface area contributed by atoms with Crippen LogP contribution in [0.4, 0.5) is 18.9 Å². The van der Waals surface area contributed by atoms with E-state index in [1.807, 2.05) is 0 Å². The maximum atomic E-state index is 12.8. The van der Waals surface area contributed by atoms with Crippen LogP contribution in [-0.4, -0.2) is 30.4 Å². The van der Waals surface area contributed by atoms with Gasteiger partial charge in [-0.3, -0.25) is 4.79 Å². The van der Waals surface area contributed by atoms with Gasteiger partial charge in [0.15, 0.2) is 0 Å². The van der Waals surface area contributed by atoms with Gasteiger partial charge in [0.2, 0.25) is 5.91 Å². The third kappa shape index (κ3) is 3.66. The molecule has 1 fully saturated rings. The molecular formula is C14H14F3N3O. The van der Waals surface area contributed by atoms with Crippen LogP contribution in [-0.2, 0) is 11.0 Å². The van der Waals surface area contributed by atoms with Gasteiger partial charge in [-0.15, -0.1) is 0 Å². The second-order valence-corrected chi connectivity index (χ2v) is 4.96. The molecule has 1 N–H and O–H groups in total. The summed E-state index contributed by atoms with van der Waals surface area (Å²) in [5.41, 5.74) is -1.27. The molecule has 0 unspecified atom stereocenters. The van der Waals surface area contributed by atoms with Crippen molar-refractivity contribution in [3.63, 3.8) is 0 Å². The van der Waals surface area contributed by atoms with Crippen LogP contribution in [0.5, 0.6) is 0 Å². The number of carbonyl (C=O) groups excluding carboxylic acids is 1. The second kappa shape index (κ2) is 5.64. The van der Waals surface area contributed by atoms with Crippen molar-refractivity contribution >= 4 is 11.6 Å². The van der Waals surface area contributed by atoms with Gasteiger partial charge < -0.3 is 10.2 Å². The Morgan fingerprint density at radius 1 is 1.48 bits per heavy atom. The Labute approximate surface area is 120 Å². The third-order valence-corrected chi connectivity index (χ3v) is 3.38. The molecule has 1 amide bonds. The van der Waals surface area contributed by atoms with Crippen LogP contribution in [0, 0.1) is 11.3 Å². The van der Waals surface area contributed by atoms with E-state index in [0.29, 0.717) is 0 Å². The standard InChI is InChI=1S/C14H14F3N3O/c1-20(11-4-5-11)13(21)8-19-10-3-2-9(7-18)12(6-10)14(15,16)17/h2-3,6,11,19H,4-5,8H2,1H3. The van der Waals surface area contributed by atoms with Gasteiger partial charge in [0.1, 0.15) is 0 Å². The largest absolute Gasteiger partial charge is 0.417 e. The number of nitrogens with one attached hydrogen (secondary N) is 1. The molecule has 0 saturated heterocycles. The molecule has 1 aliphatic carbocycles. The molecule has 0 aromatic heterocycles. The first-order valence-electron chi connectivity index (χ1n) is 6.44. The fourth-order valence-corrected chi connectivity index (χ4v) is 1.95. The zero-order valence-electron chi connectivity index (χ0n) is 11.4. The molecule has 0 radical (unpaired) electrons. The molecule has 0 spiro atoms. The lowest BCUT2D eigenvalue weighted by molar-refractivity contribution is -0.137. The number of alkyl halides is 3. The molecule has 4 nitrogen and oxygen atoms in total. The molecule has 0 heterocycles. The van der Waals surface area contributed by atoms with Crippen molar-refractivity contribution in [1.29, 1.82) is 5.26 Å². The fraction of sp³-hybridized carbons (Fsp3) is 0.429. The molecule has 0 aliphatic heterocycles. The summed E-state index contributed by atoms with van der Waals surface area (Å²) in [7, 11) is 1.68.